The predicted octanol–water partition coefficient (Wildman–Crippen LogP) is 10.8. The van der Waals surface area contributed by atoms with Crippen LogP contribution in [-0.2, 0) is 0 Å². The van der Waals surface area contributed by atoms with Gasteiger partial charge in [0.15, 0.2) is 0 Å². The number of rotatable bonds is 9. The Morgan fingerprint density at radius 2 is 0.659 bits per heavy atom. The summed E-state index contributed by atoms with van der Waals surface area (Å²) in [7, 11) is -7.29. The number of halogens is 1. The smallest absolute Gasteiger partial charge is 0.413 e. The third kappa shape index (κ3) is 6.62. The SMILES string of the molecule is ClP1(c2ccccc2)=NP(Oc2ccccc2)(Oc2ccccc2)=NP(Oc2ccccc2)(Oc2ccccc2)=N1. The second-order valence-electron chi connectivity index (χ2n) is 8.73. The predicted molar refractivity (Wildman–Crippen MR) is 168 cm³/mol. The molecule has 0 N–H and O–H groups in total. The molecule has 206 valence electrons. The van der Waals surface area contributed by atoms with Crippen LogP contribution in [0.3, 0.4) is 0 Å². The molecule has 0 bridgehead atoms. The highest BCUT2D eigenvalue weighted by Gasteiger charge is 2.45. The number of para-hydroxylation sites is 4. The molecule has 0 spiro atoms. The molecule has 5 aromatic rings. The number of hydrogen-bond donors (Lipinski definition) is 0. The quantitative estimate of drug-likeness (QED) is 0.154. The van der Waals surface area contributed by atoms with Crippen LogP contribution in [0.1, 0.15) is 0 Å². The molecule has 0 saturated carbocycles. The molecule has 0 radical (unpaired) electrons. The molecule has 0 amide bonds. The fraction of sp³-hybridized carbons (Fsp3) is 0. The zero-order valence-corrected chi connectivity index (χ0v) is 25.1. The van der Waals surface area contributed by atoms with E-state index in [2.05, 4.69) is 0 Å². The Balaban J connectivity index is 1.65. The van der Waals surface area contributed by atoms with E-state index in [1.165, 1.54) is 0 Å². The molecule has 6 rings (SSSR count). The standard InChI is InChI=1S/C30H25ClN3O4P3/c31-39(30-24-14-5-15-25-30)32-40(35-26-16-6-1-7-17-26,36-27-18-8-2-9-19-27)34-41(33-39,37-28-20-10-3-11-21-28)38-29-22-12-4-13-23-29/h1-25H. The Hall–Kier alpha value is -3.72. The van der Waals surface area contributed by atoms with Gasteiger partial charge in [-0.3, -0.25) is 0 Å². The molecule has 1 atom stereocenters. The van der Waals surface area contributed by atoms with Crippen molar-refractivity contribution in [1.29, 1.82) is 0 Å². The molecule has 5 aromatic carbocycles. The van der Waals surface area contributed by atoms with E-state index in [9.17, 15) is 0 Å². The number of benzene rings is 5. The molecule has 0 fully saturated rings. The van der Waals surface area contributed by atoms with Crippen LogP contribution in [0, 0.1) is 0 Å². The first-order chi connectivity index (χ1) is 20.0. The van der Waals surface area contributed by atoms with Gasteiger partial charge in [0.1, 0.15) is 23.0 Å². The molecule has 1 aliphatic rings. The topological polar surface area (TPSA) is 74.0 Å². The van der Waals surface area contributed by atoms with Crippen LogP contribution >= 0.6 is 33.1 Å². The van der Waals surface area contributed by atoms with Gasteiger partial charge in [0, 0.05) is 5.30 Å². The van der Waals surface area contributed by atoms with Gasteiger partial charge in [-0.25, -0.2) is 0 Å². The van der Waals surface area contributed by atoms with Crippen molar-refractivity contribution in [1.82, 2.24) is 0 Å². The summed E-state index contributed by atoms with van der Waals surface area (Å²) >= 11 is 7.49. The van der Waals surface area contributed by atoms with Crippen molar-refractivity contribution in [3.8, 4) is 23.0 Å². The van der Waals surface area contributed by atoms with Crippen LogP contribution in [0.4, 0.5) is 0 Å². The van der Waals surface area contributed by atoms with E-state index in [1.54, 1.807) is 0 Å². The lowest BCUT2D eigenvalue weighted by molar-refractivity contribution is 0.460. The molecule has 7 nitrogen and oxygen atoms in total. The lowest BCUT2D eigenvalue weighted by Crippen LogP contribution is -2.09. The van der Waals surface area contributed by atoms with E-state index in [1.807, 2.05) is 152 Å². The zero-order chi connectivity index (χ0) is 28.0. The summed E-state index contributed by atoms with van der Waals surface area (Å²) in [5.74, 6) is 2.06. The van der Waals surface area contributed by atoms with Gasteiger partial charge < -0.3 is 18.1 Å². The Bertz CT molecular complexity index is 1600. The van der Waals surface area contributed by atoms with Crippen LogP contribution in [-0.4, -0.2) is 0 Å². The third-order valence-electron chi connectivity index (χ3n) is 5.64. The van der Waals surface area contributed by atoms with Gasteiger partial charge in [-0.2, -0.15) is 9.03 Å². The first-order valence-corrected chi connectivity index (χ1v) is 18.4. The zero-order valence-electron chi connectivity index (χ0n) is 21.6. The summed E-state index contributed by atoms with van der Waals surface area (Å²) in [6.07, 6.45) is 0. The fourth-order valence-electron chi connectivity index (χ4n) is 3.88. The van der Waals surface area contributed by atoms with Gasteiger partial charge in [-0.05, 0) is 59.8 Å². The normalized spacial score (nSPS) is 18.5. The largest absolute Gasteiger partial charge is 0.456 e. The number of nitrogens with zero attached hydrogens (tertiary/aromatic N) is 3. The van der Waals surface area contributed by atoms with Crippen LogP contribution in [0.2, 0.25) is 0 Å². The Kier molecular flexibility index (Phi) is 8.05. The first kappa shape index (κ1) is 27.4. The molecular weight excluding hydrogens is 595 g/mol. The van der Waals surface area contributed by atoms with Gasteiger partial charge in [-0.15, -0.1) is 0 Å². The minimum atomic E-state index is -3.64. The average molecular weight is 620 g/mol. The lowest BCUT2D eigenvalue weighted by Gasteiger charge is -2.32. The van der Waals surface area contributed by atoms with Crippen molar-refractivity contribution in [2.75, 3.05) is 0 Å². The molecule has 11 heteroatoms. The van der Waals surface area contributed by atoms with Gasteiger partial charge in [-0.1, -0.05) is 108 Å². The van der Waals surface area contributed by atoms with Crippen molar-refractivity contribution in [2.45, 2.75) is 0 Å². The Morgan fingerprint density at radius 1 is 0.366 bits per heavy atom. The highest BCUT2D eigenvalue weighted by Crippen LogP contribution is 2.79. The van der Waals surface area contributed by atoms with Crippen molar-refractivity contribution < 1.29 is 18.1 Å². The van der Waals surface area contributed by atoms with E-state index in [4.69, 9.17) is 42.9 Å². The van der Waals surface area contributed by atoms with Crippen LogP contribution in [0.5, 0.6) is 23.0 Å². The van der Waals surface area contributed by atoms with Crippen LogP contribution < -0.4 is 23.4 Å². The minimum absolute atomic E-state index is 0.514. The number of hydrogen-bond acceptors (Lipinski definition) is 7. The maximum Gasteiger partial charge on any atom is 0.456 e. The average Bonchev–Trinajstić information content (AvgIpc) is 2.99. The van der Waals surface area contributed by atoms with E-state index >= 15 is 0 Å². The first-order valence-electron chi connectivity index (χ1n) is 12.7. The van der Waals surface area contributed by atoms with Gasteiger partial charge >= 0.3 is 15.3 Å². The van der Waals surface area contributed by atoms with Crippen molar-refractivity contribution >= 4 is 38.4 Å². The summed E-state index contributed by atoms with van der Waals surface area (Å²) < 4.78 is 41.6. The summed E-state index contributed by atoms with van der Waals surface area (Å²) in [4.78, 5) is 0. The maximum absolute atomic E-state index is 7.49. The molecule has 1 heterocycles. The Labute approximate surface area is 244 Å². The van der Waals surface area contributed by atoms with Gasteiger partial charge in [0.2, 0.25) is 6.56 Å². The van der Waals surface area contributed by atoms with Crippen LogP contribution in [0.15, 0.2) is 165 Å². The molecule has 0 aromatic heterocycles. The summed E-state index contributed by atoms with van der Waals surface area (Å²) in [5.41, 5.74) is 0. The van der Waals surface area contributed by atoms with E-state index in [0.29, 0.717) is 28.3 Å². The summed E-state index contributed by atoms with van der Waals surface area (Å²) in [6, 6.07) is 46.6. The highest BCUT2D eigenvalue weighted by atomic mass is 35.7. The molecular formula is C30H25ClN3O4P3. The van der Waals surface area contributed by atoms with Gasteiger partial charge in [0.05, 0.1) is 0 Å². The monoisotopic (exact) mass is 619 g/mol. The lowest BCUT2D eigenvalue weighted by atomic mass is 10.3. The second-order valence-corrected chi connectivity index (χ2v) is 16.5. The second kappa shape index (κ2) is 12.0. The molecule has 0 aliphatic carbocycles. The van der Waals surface area contributed by atoms with Gasteiger partial charge in [0.25, 0.3) is 0 Å². The van der Waals surface area contributed by atoms with Crippen molar-refractivity contribution in [3.05, 3.63) is 152 Å². The summed E-state index contributed by atoms with van der Waals surface area (Å²) in [5, 5.41) is 0.701. The molecule has 1 aliphatic heterocycles. The van der Waals surface area contributed by atoms with Crippen molar-refractivity contribution in [2.24, 2.45) is 13.5 Å². The van der Waals surface area contributed by atoms with E-state index in [-0.39, 0.29) is 0 Å². The fourth-order valence-corrected chi connectivity index (χ4v) is 14.9. The minimum Gasteiger partial charge on any atom is -0.413 e. The molecule has 1 unspecified atom stereocenters. The Morgan fingerprint density at radius 3 is 1.00 bits per heavy atom. The van der Waals surface area contributed by atoms with Crippen LogP contribution in [0.25, 0.3) is 0 Å². The van der Waals surface area contributed by atoms with E-state index < -0.39 is 21.9 Å². The van der Waals surface area contributed by atoms with Crippen molar-refractivity contribution in [3.63, 3.8) is 0 Å². The molecule has 0 saturated heterocycles. The summed E-state index contributed by atoms with van der Waals surface area (Å²) in [6.45, 7) is -3.28. The van der Waals surface area contributed by atoms with E-state index in [0.717, 1.165) is 0 Å². The highest BCUT2D eigenvalue weighted by molar-refractivity contribution is 8.01. The third-order valence-corrected chi connectivity index (χ3v) is 15.7. The molecule has 41 heavy (non-hydrogen) atoms. The maximum atomic E-state index is 7.49.